The van der Waals surface area contributed by atoms with E-state index in [1.54, 1.807) is 6.92 Å². The molecular weight excluding hydrogens is 166 g/mol. The first-order chi connectivity index (χ1) is 6.00. The maximum absolute atomic E-state index is 11.3. The highest BCUT2D eigenvalue weighted by atomic mass is 16.5. The third-order valence-corrected chi connectivity index (χ3v) is 2.02. The zero-order chi connectivity index (χ0) is 10.4. The van der Waals surface area contributed by atoms with Crippen LogP contribution in [0.1, 0.15) is 34.1 Å². The second-order valence-corrected chi connectivity index (χ2v) is 3.23. The maximum Gasteiger partial charge on any atom is 0.333 e. The molecule has 0 aliphatic heterocycles. The Kier molecular flexibility index (Phi) is 5.39. The first kappa shape index (κ1) is 12.2. The lowest BCUT2D eigenvalue weighted by Gasteiger charge is -2.10. The first-order valence-electron chi connectivity index (χ1n) is 4.60. The van der Waals surface area contributed by atoms with Crippen molar-refractivity contribution in [3.05, 3.63) is 11.1 Å². The molecule has 3 nitrogen and oxygen atoms in total. The summed E-state index contributed by atoms with van der Waals surface area (Å²) in [6.07, 6.45) is 0.843. The largest absolute Gasteiger partial charge is 0.462 e. The maximum atomic E-state index is 11.3. The van der Waals surface area contributed by atoms with Crippen LogP contribution in [0, 0.1) is 0 Å². The molecule has 0 saturated carbocycles. The minimum atomic E-state index is -0.253. The Morgan fingerprint density at radius 3 is 2.38 bits per heavy atom. The van der Waals surface area contributed by atoms with Gasteiger partial charge in [0.15, 0.2) is 0 Å². The molecule has 0 heterocycles. The number of carbonyl (C=O) groups excluding carboxylic acids is 1. The summed E-state index contributed by atoms with van der Waals surface area (Å²) >= 11 is 0. The first-order valence-corrected chi connectivity index (χ1v) is 4.60. The molecule has 0 radical (unpaired) electrons. The lowest BCUT2D eigenvalue weighted by Crippen LogP contribution is -2.20. The van der Waals surface area contributed by atoms with E-state index in [1.807, 2.05) is 20.8 Å². The Hall–Kier alpha value is -0.830. The molecule has 0 spiro atoms. The van der Waals surface area contributed by atoms with Crippen LogP contribution >= 0.6 is 0 Å². The predicted octanol–water partition coefficient (Wildman–Crippen LogP) is 1.62. The predicted molar refractivity (Wildman–Crippen MR) is 53.3 cm³/mol. The number of hydrogen-bond acceptors (Lipinski definition) is 3. The lowest BCUT2D eigenvalue weighted by molar-refractivity contribution is -0.139. The standard InChI is InChI=1S/C10H19NO2/c1-5-6-13-10(12)8(3)7(2)9(4)11/h9H,5-6,11H2,1-4H3. The Labute approximate surface area is 79.9 Å². The average Bonchev–Trinajstić information content (AvgIpc) is 2.11. The normalized spacial score (nSPS) is 14.8. The van der Waals surface area contributed by atoms with Crippen molar-refractivity contribution >= 4 is 5.97 Å². The lowest BCUT2D eigenvalue weighted by atomic mass is 10.1. The third-order valence-electron chi connectivity index (χ3n) is 2.02. The Morgan fingerprint density at radius 1 is 1.46 bits per heavy atom. The second-order valence-electron chi connectivity index (χ2n) is 3.23. The molecule has 0 rings (SSSR count). The van der Waals surface area contributed by atoms with Gasteiger partial charge in [0.05, 0.1) is 6.61 Å². The fourth-order valence-electron chi connectivity index (χ4n) is 0.806. The van der Waals surface area contributed by atoms with Crippen LogP contribution in [-0.2, 0) is 9.53 Å². The molecule has 0 aromatic heterocycles. The van der Waals surface area contributed by atoms with Crippen LogP contribution in [0.4, 0.5) is 0 Å². The van der Waals surface area contributed by atoms with Crippen molar-refractivity contribution in [1.82, 2.24) is 0 Å². The van der Waals surface area contributed by atoms with Gasteiger partial charge in [-0.3, -0.25) is 0 Å². The monoisotopic (exact) mass is 185 g/mol. The number of ether oxygens (including phenoxy) is 1. The molecule has 1 atom stereocenters. The van der Waals surface area contributed by atoms with Gasteiger partial charge in [0, 0.05) is 11.6 Å². The van der Waals surface area contributed by atoms with Gasteiger partial charge in [0.25, 0.3) is 0 Å². The Morgan fingerprint density at radius 2 is 2.00 bits per heavy atom. The van der Waals surface area contributed by atoms with Crippen molar-refractivity contribution in [3.63, 3.8) is 0 Å². The van der Waals surface area contributed by atoms with Crippen LogP contribution < -0.4 is 5.73 Å². The Balaban J connectivity index is 4.31. The highest BCUT2D eigenvalue weighted by molar-refractivity contribution is 5.88. The average molecular weight is 185 g/mol. The molecule has 0 amide bonds. The van der Waals surface area contributed by atoms with Gasteiger partial charge in [0.1, 0.15) is 0 Å². The van der Waals surface area contributed by atoms with E-state index in [9.17, 15) is 4.79 Å². The van der Waals surface area contributed by atoms with Crippen LogP contribution in [0.15, 0.2) is 11.1 Å². The molecule has 3 heteroatoms. The molecule has 13 heavy (non-hydrogen) atoms. The topological polar surface area (TPSA) is 52.3 Å². The second kappa shape index (κ2) is 5.75. The number of rotatable bonds is 4. The quantitative estimate of drug-likeness (QED) is 0.535. The summed E-state index contributed by atoms with van der Waals surface area (Å²) in [5.41, 5.74) is 7.16. The number of hydrogen-bond donors (Lipinski definition) is 1. The van der Waals surface area contributed by atoms with Crippen molar-refractivity contribution in [2.75, 3.05) is 6.61 Å². The van der Waals surface area contributed by atoms with Crippen molar-refractivity contribution in [1.29, 1.82) is 0 Å². The van der Waals surface area contributed by atoms with Gasteiger partial charge in [-0.15, -0.1) is 0 Å². The fourth-order valence-corrected chi connectivity index (χ4v) is 0.806. The van der Waals surface area contributed by atoms with Gasteiger partial charge in [-0.2, -0.15) is 0 Å². The molecule has 0 aromatic carbocycles. The van der Waals surface area contributed by atoms with Crippen molar-refractivity contribution in [2.24, 2.45) is 5.73 Å². The summed E-state index contributed by atoms with van der Waals surface area (Å²) in [7, 11) is 0. The summed E-state index contributed by atoms with van der Waals surface area (Å²) < 4.78 is 4.97. The van der Waals surface area contributed by atoms with Crippen molar-refractivity contribution in [3.8, 4) is 0 Å². The van der Waals surface area contributed by atoms with Crippen LogP contribution in [0.3, 0.4) is 0 Å². The summed E-state index contributed by atoms with van der Waals surface area (Å²) in [5, 5.41) is 0. The van der Waals surface area contributed by atoms with Crippen LogP contribution in [-0.4, -0.2) is 18.6 Å². The van der Waals surface area contributed by atoms with Crippen LogP contribution in [0.5, 0.6) is 0 Å². The highest BCUT2D eigenvalue weighted by Crippen LogP contribution is 2.08. The van der Waals surface area contributed by atoms with Gasteiger partial charge in [-0.1, -0.05) is 6.92 Å². The summed E-state index contributed by atoms with van der Waals surface area (Å²) in [4.78, 5) is 11.3. The van der Waals surface area contributed by atoms with Gasteiger partial charge in [-0.25, -0.2) is 4.79 Å². The molecule has 2 N–H and O–H groups in total. The molecule has 0 fully saturated rings. The van der Waals surface area contributed by atoms with E-state index in [1.165, 1.54) is 0 Å². The summed E-state index contributed by atoms with van der Waals surface area (Å²) in [6.45, 7) is 7.89. The van der Waals surface area contributed by atoms with Gasteiger partial charge < -0.3 is 10.5 Å². The van der Waals surface area contributed by atoms with Crippen molar-refractivity contribution in [2.45, 2.75) is 40.2 Å². The summed E-state index contributed by atoms with van der Waals surface area (Å²) in [5.74, 6) is -0.253. The third kappa shape index (κ3) is 4.08. The van der Waals surface area contributed by atoms with E-state index < -0.39 is 0 Å². The van der Waals surface area contributed by atoms with Gasteiger partial charge >= 0.3 is 5.97 Å². The number of nitrogens with two attached hydrogens (primary N) is 1. The fraction of sp³-hybridized carbons (Fsp3) is 0.700. The van der Waals surface area contributed by atoms with E-state index in [-0.39, 0.29) is 12.0 Å². The van der Waals surface area contributed by atoms with Gasteiger partial charge in [-0.05, 0) is 32.8 Å². The smallest absolute Gasteiger partial charge is 0.333 e. The zero-order valence-corrected chi connectivity index (χ0v) is 8.89. The van der Waals surface area contributed by atoms with Gasteiger partial charge in [0.2, 0.25) is 0 Å². The highest BCUT2D eigenvalue weighted by Gasteiger charge is 2.10. The molecule has 0 aliphatic carbocycles. The number of carbonyl (C=O) groups is 1. The summed E-state index contributed by atoms with van der Waals surface area (Å²) in [6, 6.07) is -0.0887. The zero-order valence-electron chi connectivity index (χ0n) is 8.89. The molecule has 0 aromatic rings. The molecule has 0 bridgehead atoms. The molecular formula is C10H19NO2. The SMILES string of the molecule is CCCOC(=O)C(C)=C(C)C(C)N. The van der Waals surface area contributed by atoms with E-state index in [2.05, 4.69) is 0 Å². The van der Waals surface area contributed by atoms with Crippen LogP contribution in [0.2, 0.25) is 0 Å². The Bertz CT molecular complexity index is 207. The minimum Gasteiger partial charge on any atom is -0.462 e. The van der Waals surface area contributed by atoms with E-state index >= 15 is 0 Å². The molecule has 76 valence electrons. The minimum absolute atomic E-state index is 0.0887. The molecule has 1 unspecified atom stereocenters. The van der Waals surface area contributed by atoms with E-state index in [0.29, 0.717) is 12.2 Å². The van der Waals surface area contributed by atoms with E-state index in [0.717, 1.165) is 12.0 Å². The number of esters is 1. The van der Waals surface area contributed by atoms with Crippen LogP contribution in [0.25, 0.3) is 0 Å². The molecule has 0 saturated heterocycles. The molecule has 0 aliphatic rings. The van der Waals surface area contributed by atoms with E-state index in [4.69, 9.17) is 10.5 Å². The van der Waals surface area contributed by atoms with Crippen molar-refractivity contribution < 1.29 is 9.53 Å².